The number of benzene rings is 1. The average Bonchev–Trinajstić information content (AvgIpc) is 3.16. The van der Waals surface area contributed by atoms with Gasteiger partial charge in [0, 0.05) is 30.6 Å². The lowest BCUT2D eigenvalue weighted by atomic mass is 10.0. The summed E-state index contributed by atoms with van der Waals surface area (Å²) in [6, 6.07) is 4.71. The fourth-order valence-electron chi connectivity index (χ4n) is 3.70. The number of hydrogen-bond acceptors (Lipinski definition) is 8. The van der Waals surface area contributed by atoms with E-state index in [1.165, 1.54) is 4.90 Å². The van der Waals surface area contributed by atoms with Crippen LogP contribution in [0.25, 0.3) is 0 Å². The Bertz CT molecular complexity index is 931. The molecule has 1 atom stereocenters. The van der Waals surface area contributed by atoms with E-state index in [-0.39, 0.29) is 37.2 Å². The van der Waals surface area contributed by atoms with Crippen molar-refractivity contribution in [1.29, 1.82) is 0 Å². The van der Waals surface area contributed by atoms with Crippen molar-refractivity contribution in [3.05, 3.63) is 34.9 Å². The molecule has 2 heterocycles. The number of fused-ring (bicyclic) bond motifs is 1. The van der Waals surface area contributed by atoms with Crippen LogP contribution in [-0.2, 0) is 35.1 Å². The van der Waals surface area contributed by atoms with Gasteiger partial charge in [-0.2, -0.15) is 0 Å². The second kappa shape index (κ2) is 15.5. The topological polar surface area (TPSA) is 129 Å². The third kappa shape index (κ3) is 8.58. The van der Waals surface area contributed by atoms with Gasteiger partial charge >= 0.3 is 0 Å². The molecule has 0 bridgehead atoms. The van der Waals surface area contributed by atoms with Gasteiger partial charge in [0.25, 0.3) is 5.91 Å². The Labute approximate surface area is 211 Å². The molecule has 1 aromatic rings. The van der Waals surface area contributed by atoms with Crippen molar-refractivity contribution in [1.82, 2.24) is 10.2 Å². The first kappa shape index (κ1) is 28.7. The van der Waals surface area contributed by atoms with Crippen LogP contribution in [0.3, 0.4) is 0 Å². The fourth-order valence-corrected chi connectivity index (χ4v) is 3.70. The van der Waals surface area contributed by atoms with Crippen molar-refractivity contribution < 1.29 is 33.3 Å². The lowest BCUT2D eigenvalue weighted by Gasteiger charge is -2.29. The highest BCUT2D eigenvalue weighted by Gasteiger charge is 2.39. The van der Waals surface area contributed by atoms with Crippen LogP contribution in [0.4, 0.5) is 0 Å². The molecule has 1 saturated heterocycles. The predicted octanol–water partition coefficient (Wildman–Crippen LogP) is 0.246. The van der Waals surface area contributed by atoms with Gasteiger partial charge < -0.3 is 29.6 Å². The van der Waals surface area contributed by atoms with E-state index in [1.807, 2.05) is 6.07 Å². The first-order valence-electron chi connectivity index (χ1n) is 11.4. The predicted molar refractivity (Wildman–Crippen MR) is 129 cm³/mol. The van der Waals surface area contributed by atoms with Crippen molar-refractivity contribution in [3.63, 3.8) is 0 Å². The van der Waals surface area contributed by atoms with Crippen molar-refractivity contribution in [2.24, 2.45) is 5.73 Å². The Balaban J connectivity index is 0.00000432. The lowest BCUT2D eigenvalue weighted by molar-refractivity contribution is -0.136. The number of imide groups is 1. The van der Waals surface area contributed by atoms with Crippen molar-refractivity contribution in [3.8, 4) is 11.8 Å². The molecular formula is C24H32ClN3O7. The molecule has 11 heteroatoms. The molecule has 10 nitrogen and oxygen atoms in total. The number of nitrogens with one attached hydrogen (secondary N) is 1. The molecule has 3 amide bonds. The van der Waals surface area contributed by atoms with Crippen LogP contribution < -0.4 is 11.1 Å². The number of carbonyl (C=O) groups is 3. The van der Waals surface area contributed by atoms with Crippen LogP contribution in [0, 0.1) is 11.8 Å². The highest BCUT2D eigenvalue weighted by Crippen LogP contribution is 2.29. The average molecular weight is 510 g/mol. The van der Waals surface area contributed by atoms with Crippen LogP contribution in [0.15, 0.2) is 18.2 Å². The van der Waals surface area contributed by atoms with Gasteiger partial charge in [-0.1, -0.05) is 17.9 Å². The molecule has 3 rings (SSSR count). The summed E-state index contributed by atoms with van der Waals surface area (Å²) in [5.74, 6) is 5.07. The number of amides is 3. The Morgan fingerprint density at radius 3 is 2.29 bits per heavy atom. The highest BCUT2D eigenvalue weighted by molar-refractivity contribution is 6.05. The summed E-state index contributed by atoms with van der Waals surface area (Å²) in [4.78, 5) is 38.0. The highest BCUT2D eigenvalue weighted by atomic mass is 35.5. The molecule has 0 aromatic heterocycles. The first-order chi connectivity index (χ1) is 16.6. The van der Waals surface area contributed by atoms with Gasteiger partial charge in [-0.15, -0.1) is 12.4 Å². The Kier molecular flexibility index (Phi) is 12.7. The van der Waals surface area contributed by atoms with Gasteiger partial charge in [-0.05, 0) is 24.1 Å². The molecule has 192 valence electrons. The summed E-state index contributed by atoms with van der Waals surface area (Å²) < 4.78 is 21.5. The zero-order chi connectivity index (χ0) is 24.2. The monoisotopic (exact) mass is 509 g/mol. The normalized spacial score (nSPS) is 16.9. The van der Waals surface area contributed by atoms with Gasteiger partial charge in [0.1, 0.15) is 12.6 Å². The zero-order valence-corrected chi connectivity index (χ0v) is 20.4. The van der Waals surface area contributed by atoms with Gasteiger partial charge in [-0.3, -0.25) is 19.7 Å². The van der Waals surface area contributed by atoms with Crippen molar-refractivity contribution >= 4 is 30.1 Å². The standard InChI is InChI=1S/C24H31N3O7.ClH/c25-8-10-32-12-14-34-16-15-33-13-11-31-9-2-4-18-3-1-5-19-20(18)17-27(24(19)30)21-6-7-22(28)26-23(21)29;/h1,3,5,21H,6-17,25H2,(H,26,28,29);1H. The molecule has 0 radical (unpaired) electrons. The molecule has 1 unspecified atom stereocenters. The maximum Gasteiger partial charge on any atom is 0.255 e. The second-order valence-electron chi connectivity index (χ2n) is 7.71. The third-order valence-corrected chi connectivity index (χ3v) is 5.36. The quantitative estimate of drug-likeness (QED) is 0.220. The minimum absolute atomic E-state index is 0. The summed E-state index contributed by atoms with van der Waals surface area (Å²) in [6.45, 7) is 4.39. The van der Waals surface area contributed by atoms with Crippen molar-refractivity contribution in [2.75, 3.05) is 59.4 Å². The summed E-state index contributed by atoms with van der Waals surface area (Å²) >= 11 is 0. The minimum Gasteiger partial charge on any atom is -0.378 e. The number of hydrogen-bond donors (Lipinski definition) is 2. The van der Waals surface area contributed by atoms with E-state index in [0.717, 1.165) is 11.1 Å². The van der Waals surface area contributed by atoms with Crippen LogP contribution in [-0.4, -0.2) is 88.1 Å². The number of rotatable bonds is 13. The second-order valence-corrected chi connectivity index (χ2v) is 7.71. The number of nitrogens with zero attached hydrogens (tertiary/aromatic N) is 1. The van der Waals surface area contributed by atoms with E-state index in [2.05, 4.69) is 17.2 Å². The zero-order valence-electron chi connectivity index (χ0n) is 19.6. The molecule has 2 aliphatic heterocycles. The van der Waals surface area contributed by atoms with Crippen LogP contribution >= 0.6 is 12.4 Å². The molecule has 0 spiro atoms. The van der Waals surface area contributed by atoms with E-state index < -0.39 is 11.9 Å². The fraction of sp³-hybridized carbons (Fsp3) is 0.542. The number of ether oxygens (including phenoxy) is 4. The molecule has 0 saturated carbocycles. The molecule has 0 aliphatic carbocycles. The summed E-state index contributed by atoms with van der Waals surface area (Å²) in [5.41, 5.74) is 7.38. The Hall–Kier alpha value is -2.52. The number of halogens is 1. The minimum atomic E-state index is -0.642. The van der Waals surface area contributed by atoms with E-state index in [1.54, 1.807) is 12.1 Å². The van der Waals surface area contributed by atoms with E-state index in [9.17, 15) is 14.4 Å². The maximum atomic E-state index is 12.8. The van der Waals surface area contributed by atoms with E-state index in [4.69, 9.17) is 24.7 Å². The molecule has 1 fully saturated rings. The molecule has 1 aromatic carbocycles. The SMILES string of the molecule is Cl.NCCOCCOCCOCCOCC#Cc1cccc2c1CN(C1CCC(=O)NC1=O)C2=O. The van der Waals surface area contributed by atoms with Gasteiger partial charge in [0.05, 0.1) is 46.2 Å². The number of piperidine rings is 1. The van der Waals surface area contributed by atoms with E-state index >= 15 is 0 Å². The Morgan fingerprint density at radius 2 is 1.63 bits per heavy atom. The maximum absolute atomic E-state index is 12.8. The number of carbonyl (C=O) groups excluding carboxylic acids is 3. The van der Waals surface area contributed by atoms with Gasteiger partial charge in [0.2, 0.25) is 11.8 Å². The lowest BCUT2D eigenvalue weighted by Crippen LogP contribution is -2.52. The summed E-state index contributed by atoms with van der Waals surface area (Å²) in [6.07, 6.45) is 0.554. The van der Waals surface area contributed by atoms with Gasteiger partial charge in [-0.25, -0.2) is 0 Å². The van der Waals surface area contributed by atoms with Crippen molar-refractivity contribution in [2.45, 2.75) is 25.4 Å². The smallest absolute Gasteiger partial charge is 0.255 e. The number of nitrogens with two attached hydrogens (primary N) is 1. The van der Waals surface area contributed by atoms with E-state index in [0.29, 0.717) is 71.3 Å². The van der Waals surface area contributed by atoms with Gasteiger partial charge in [0.15, 0.2) is 0 Å². The van der Waals surface area contributed by atoms with Crippen LogP contribution in [0.2, 0.25) is 0 Å². The molecular weight excluding hydrogens is 478 g/mol. The van der Waals surface area contributed by atoms with Crippen LogP contribution in [0.1, 0.15) is 34.3 Å². The summed E-state index contributed by atoms with van der Waals surface area (Å²) in [7, 11) is 0. The van der Waals surface area contributed by atoms with Crippen LogP contribution in [0.5, 0.6) is 0 Å². The Morgan fingerprint density at radius 1 is 0.971 bits per heavy atom. The molecule has 35 heavy (non-hydrogen) atoms. The largest absolute Gasteiger partial charge is 0.378 e. The first-order valence-corrected chi connectivity index (χ1v) is 11.4. The molecule has 3 N–H and O–H groups in total. The third-order valence-electron chi connectivity index (χ3n) is 5.36. The molecule has 2 aliphatic rings. The summed E-state index contributed by atoms with van der Waals surface area (Å²) in [5, 5.41) is 2.31.